The van der Waals surface area contributed by atoms with E-state index < -0.39 is 15.2 Å². The Labute approximate surface area is 101 Å². The first kappa shape index (κ1) is 13.3. The lowest BCUT2D eigenvalue weighted by Crippen LogP contribution is -2.14. The first-order valence-corrected chi connectivity index (χ1v) is 6.92. The fourth-order valence-electron chi connectivity index (χ4n) is 1.31. The van der Waals surface area contributed by atoms with Crippen LogP contribution in [0.1, 0.15) is 5.56 Å². The third-order valence-electron chi connectivity index (χ3n) is 1.84. The van der Waals surface area contributed by atoms with Crippen LogP contribution >= 0.6 is 11.6 Å². The van der Waals surface area contributed by atoms with Crippen LogP contribution in [0.4, 0.5) is 5.69 Å². The van der Waals surface area contributed by atoms with Gasteiger partial charge in [-0.2, -0.15) is 0 Å². The molecule has 1 aromatic rings. The van der Waals surface area contributed by atoms with Gasteiger partial charge in [0.15, 0.2) is 0 Å². The lowest BCUT2D eigenvalue weighted by atomic mass is 10.2. The number of rotatable bonds is 5. The lowest BCUT2D eigenvalue weighted by Gasteiger charge is -2.11. The van der Waals surface area contributed by atoms with E-state index in [4.69, 9.17) is 11.6 Å². The number of sulfonamides is 1. The zero-order chi connectivity index (χ0) is 12.2. The molecule has 0 aliphatic heterocycles. The molecule has 0 saturated carbocycles. The number of nitrogens with one attached hydrogen (secondary N) is 1. The fraction of sp³-hybridized carbons (Fsp3) is 0.400. The molecule has 1 N–H and O–H groups in total. The molecule has 16 heavy (non-hydrogen) atoms. The highest BCUT2D eigenvalue weighted by Crippen LogP contribution is 2.13. The Bertz CT molecular complexity index is 446. The van der Waals surface area contributed by atoms with Gasteiger partial charge >= 0.3 is 0 Å². The van der Waals surface area contributed by atoms with Crippen molar-refractivity contribution >= 4 is 27.3 Å². The zero-order valence-electron chi connectivity index (χ0n) is 9.27. The van der Waals surface area contributed by atoms with Crippen molar-refractivity contribution in [2.24, 2.45) is 0 Å². The van der Waals surface area contributed by atoms with Crippen LogP contribution in [-0.2, 0) is 16.6 Å². The Morgan fingerprint density at radius 3 is 2.62 bits per heavy atom. The summed E-state index contributed by atoms with van der Waals surface area (Å²) >= 11 is 5.31. The summed E-state index contributed by atoms with van der Waals surface area (Å²) in [6.07, 6.45) is 0. The number of nitrogens with zero attached hydrogens (tertiary/aromatic N) is 1. The van der Waals surface area contributed by atoms with Crippen molar-refractivity contribution in [1.29, 1.82) is 0 Å². The van der Waals surface area contributed by atoms with E-state index >= 15 is 0 Å². The van der Waals surface area contributed by atoms with Gasteiger partial charge < -0.3 is 4.90 Å². The molecule has 0 saturated heterocycles. The monoisotopic (exact) mass is 262 g/mol. The maximum Gasteiger partial charge on any atom is 0.246 e. The third kappa shape index (κ3) is 4.38. The highest BCUT2D eigenvalue weighted by molar-refractivity contribution is 7.93. The quantitative estimate of drug-likeness (QED) is 0.822. The summed E-state index contributed by atoms with van der Waals surface area (Å²) in [5.41, 5.74) is 1.58. The molecule has 6 heteroatoms. The molecule has 1 rings (SSSR count). The average Bonchev–Trinajstić information content (AvgIpc) is 2.16. The van der Waals surface area contributed by atoms with Crippen molar-refractivity contribution in [1.82, 2.24) is 4.90 Å². The van der Waals surface area contributed by atoms with Crippen LogP contribution in [0.3, 0.4) is 0 Å². The number of hydrogen-bond donors (Lipinski definition) is 1. The molecule has 0 aliphatic rings. The van der Waals surface area contributed by atoms with Crippen LogP contribution in [-0.4, -0.2) is 32.6 Å². The van der Waals surface area contributed by atoms with Gasteiger partial charge in [-0.25, -0.2) is 8.42 Å². The van der Waals surface area contributed by atoms with E-state index in [-0.39, 0.29) is 0 Å². The van der Waals surface area contributed by atoms with E-state index in [1.165, 1.54) is 0 Å². The molecule has 0 radical (unpaired) electrons. The molecule has 1 aromatic carbocycles. The van der Waals surface area contributed by atoms with Gasteiger partial charge in [-0.15, -0.1) is 11.6 Å². The molecule has 0 heterocycles. The lowest BCUT2D eigenvalue weighted by molar-refractivity contribution is 0.402. The molecule has 0 fully saturated rings. The summed E-state index contributed by atoms with van der Waals surface area (Å²) in [4.78, 5) is 2.01. The van der Waals surface area contributed by atoms with Gasteiger partial charge in [-0.1, -0.05) is 12.1 Å². The van der Waals surface area contributed by atoms with Gasteiger partial charge in [0.1, 0.15) is 5.21 Å². The summed E-state index contributed by atoms with van der Waals surface area (Å²) in [6.45, 7) is 0.760. The smallest absolute Gasteiger partial charge is 0.246 e. The predicted molar refractivity (Wildman–Crippen MR) is 67.1 cm³/mol. The second-order valence-corrected chi connectivity index (χ2v) is 6.07. The van der Waals surface area contributed by atoms with Crippen LogP contribution in [0, 0.1) is 0 Å². The Hall–Kier alpha value is -0.780. The highest BCUT2D eigenvalue weighted by atomic mass is 35.5. The minimum Gasteiger partial charge on any atom is -0.305 e. The molecule has 0 aliphatic carbocycles. The standard InChI is InChI=1S/C10H15ClN2O2S/c1-13(2)7-9-4-3-5-10(6-9)12-16(14,15)8-11/h3-6,12H,7-8H2,1-2H3. The highest BCUT2D eigenvalue weighted by Gasteiger charge is 2.08. The van der Waals surface area contributed by atoms with Crippen LogP contribution in [0.15, 0.2) is 24.3 Å². The second kappa shape index (κ2) is 5.52. The van der Waals surface area contributed by atoms with Crippen LogP contribution in [0.2, 0.25) is 0 Å². The van der Waals surface area contributed by atoms with E-state index in [1.54, 1.807) is 12.1 Å². The minimum atomic E-state index is -3.42. The van der Waals surface area contributed by atoms with Crippen molar-refractivity contribution in [3.05, 3.63) is 29.8 Å². The number of hydrogen-bond acceptors (Lipinski definition) is 3. The summed E-state index contributed by atoms with van der Waals surface area (Å²) < 4.78 is 24.9. The molecule has 0 amide bonds. The number of halogens is 1. The van der Waals surface area contributed by atoms with Gasteiger partial charge in [0.05, 0.1) is 0 Å². The number of anilines is 1. The molecule has 0 unspecified atom stereocenters. The maximum atomic E-state index is 11.2. The van der Waals surface area contributed by atoms with E-state index in [1.807, 2.05) is 31.1 Å². The average molecular weight is 263 g/mol. The Morgan fingerprint density at radius 1 is 1.38 bits per heavy atom. The van der Waals surface area contributed by atoms with Gasteiger partial charge in [0.25, 0.3) is 0 Å². The number of benzene rings is 1. The summed E-state index contributed by atoms with van der Waals surface area (Å²) in [7, 11) is 0.492. The molecule has 90 valence electrons. The van der Waals surface area contributed by atoms with E-state index in [2.05, 4.69) is 4.72 Å². The zero-order valence-corrected chi connectivity index (χ0v) is 10.8. The topological polar surface area (TPSA) is 49.4 Å². The Kier molecular flexibility index (Phi) is 4.58. The van der Waals surface area contributed by atoms with Crippen molar-refractivity contribution in [3.63, 3.8) is 0 Å². The SMILES string of the molecule is CN(C)Cc1cccc(NS(=O)(=O)CCl)c1. The van der Waals surface area contributed by atoms with Crippen LogP contribution in [0.5, 0.6) is 0 Å². The van der Waals surface area contributed by atoms with E-state index in [0.717, 1.165) is 12.1 Å². The van der Waals surface area contributed by atoms with Crippen LogP contribution < -0.4 is 4.72 Å². The minimum absolute atomic E-state index is 0.440. The third-order valence-corrected chi connectivity index (χ3v) is 3.54. The largest absolute Gasteiger partial charge is 0.305 e. The van der Waals surface area contributed by atoms with Crippen molar-refractivity contribution in [2.45, 2.75) is 6.54 Å². The molecular weight excluding hydrogens is 248 g/mol. The molecule has 0 spiro atoms. The van der Waals surface area contributed by atoms with Gasteiger partial charge in [0.2, 0.25) is 10.0 Å². The van der Waals surface area contributed by atoms with Gasteiger partial charge in [-0.3, -0.25) is 4.72 Å². The molecule has 0 atom stereocenters. The van der Waals surface area contributed by atoms with Crippen molar-refractivity contribution in [3.8, 4) is 0 Å². The fourth-order valence-corrected chi connectivity index (χ4v) is 2.01. The summed E-state index contributed by atoms with van der Waals surface area (Å²) in [5.74, 6) is 0. The first-order valence-electron chi connectivity index (χ1n) is 4.73. The first-order chi connectivity index (χ1) is 7.43. The Balaban J connectivity index is 2.83. The van der Waals surface area contributed by atoms with E-state index in [9.17, 15) is 8.42 Å². The predicted octanol–water partition coefficient (Wildman–Crippen LogP) is 1.69. The van der Waals surface area contributed by atoms with Crippen molar-refractivity contribution in [2.75, 3.05) is 24.0 Å². The van der Waals surface area contributed by atoms with Gasteiger partial charge in [-0.05, 0) is 31.8 Å². The second-order valence-electron chi connectivity index (χ2n) is 3.76. The summed E-state index contributed by atoms with van der Waals surface area (Å²) in [5, 5.41) is -0.440. The maximum absolute atomic E-state index is 11.2. The number of alkyl halides is 1. The van der Waals surface area contributed by atoms with Gasteiger partial charge in [0, 0.05) is 12.2 Å². The van der Waals surface area contributed by atoms with E-state index in [0.29, 0.717) is 5.69 Å². The molecule has 4 nitrogen and oxygen atoms in total. The molecular formula is C10H15ClN2O2S. The Morgan fingerprint density at radius 2 is 2.06 bits per heavy atom. The summed E-state index contributed by atoms with van der Waals surface area (Å²) in [6, 6.07) is 7.25. The van der Waals surface area contributed by atoms with Crippen LogP contribution in [0.25, 0.3) is 0 Å². The molecule has 0 aromatic heterocycles. The normalized spacial score (nSPS) is 11.8. The molecule has 0 bridgehead atoms. The van der Waals surface area contributed by atoms with Crippen molar-refractivity contribution < 1.29 is 8.42 Å².